The zero-order chi connectivity index (χ0) is 14.3. The van der Waals surface area contributed by atoms with Crippen molar-refractivity contribution < 1.29 is 9.90 Å². The van der Waals surface area contributed by atoms with Gasteiger partial charge >= 0.3 is 0 Å². The van der Waals surface area contributed by atoms with Gasteiger partial charge in [-0.15, -0.1) is 6.58 Å². The molecule has 0 aliphatic rings. The molecule has 0 spiro atoms. The van der Waals surface area contributed by atoms with Crippen LogP contribution in [0.15, 0.2) is 30.9 Å². The van der Waals surface area contributed by atoms with Gasteiger partial charge in [-0.1, -0.05) is 23.8 Å². The molecule has 1 aromatic carbocycles. The molecule has 1 aromatic rings. The fourth-order valence-electron chi connectivity index (χ4n) is 1.91. The number of aliphatic hydroxyl groups excluding tert-OH is 1. The second kappa shape index (κ2) is 7.71. The topological polar surface area (TPSA) is 52.6 Å². The van der Waals surface area contributed by atoms with Crippen molar-refractivity contribution in [3.63, 3.8) is 0 Å². The predicted molar refractivity (Wildman–Crippen MR) is 78.3 cm³/mol. The highest BCUT2D eigenvalue weighted by atomic mass is 16.3. The van der Waals surface area contributed by atoms with Crippen molar-refractivity contribution in [3.8, 4) is 0 Å². The number of nitrogens with zero attached hydrogens (tertiary/aromatic N) is 1. The first kappa shape index (κ1) is 15.4. The number of amides is 1. The number of anilines is 1. The number of rotatable bonds is 7. The molecule has 0 bridgehead atoms. The summed E-state index contributed by atoms with van der Waals surface area (Å²) in [5.74, 6) is -0.0812. The second-order valence-electron chi connectivity index (χ2n) is 4.61. The van der Waals surface area contributed by atoms with E-state index in [9.17, 15) is 4.79 Å². The van der Waals surface area contributed by atoms with Crippen molar-refractivity contribution in [1.82, 2.24) is 4.90 Å². The molecule has 1 amide bonds. The largest absolute Gasteiger partial charge is 0.395 e. The summed E-state index contributed by atoms with van der Waals surface area (Å²) in [6, 6.07) is 5.91. The average molecular weight is 262 g/mol. The van der Waals surface area contributed by atoms with E-state index < -0.39 is 0 Å². The van der Waals surface area contributed by atoms with Crippen LogP contribution < -0.4 is 5.32 Å². The van der Waals surface area contributed by atoms with E-state index in [1.54, 1.807) is 6.08 Å². The average Bonchev–Trinajstić information content (AvgIpc) is 2.33. The van der Waals surface area contributed by atoms with Gasteiger partial charge in [-0.25, -0.2) is 0 Å². The predicted octanol–water partition coefficient (Wildman–Crippen LogP) is 1.72. The van der Waals surface area contributed by atoms with Crippen LogP contribution >= 0.6 is 0 Å². The maximum atomic E-state index is 11.9. The van der Waals surface area contributed by atoms with Gasteiger partial charge in [-0.3, -0.25) is 9.69 Å². The fraction of sp³-hybridized carbons (Fsp3) is 0.400. The van der Waals surface area contributed by atoms with Gasteiger partial charge in [0.2, 0.25) is 5.91 Å². The van der Waals surface area contributed by atoms with E-state index in [1.807, 2.05) is 36.9 Å². The van der Waals surface area contributed by atoms with Gasteiger partial charge in [0.15, 0.2) is 0 Å². The highest BCUT2D eigenvalue weighted by Crippen LogP contribution is 2.15. The minimum Gasteiger partial charge on any atom is -0.395 e. The number of carbonyl (C=O) groups excluding carboxylic acids is 1. The van der Waals surface area contributed by atoms with Crippen LogP contribution in [0.4, 0.5) is 5.69 Å². The summed E-state index contributed by atoms with van der Waals surface area (Å²) in [5, 5.41) is 11.8. The second-order valence-corrected chi connectivity index (χ2v) is 4.61. The summed E-state index contributed by atoms with van der Waals surface area (Å²) >= 11 is 0. The third-order valence-electron chi connectivity index (χ3n) is 2.83. The lowest BCUT2D eigenvalue weighted by Gasteiger charge is -2.19. The Kier molecular flexibility index (Phi) is 6.25. The highest BCUT2D eigenvalue weighted by molar-refractivity contribution is 5.93. The first-order valence-corrected chi connectivity index (χ1v) is 6.38. The zero-order valence-corrected chi connectivity index (χ0v) is 11.6. The third-order valence-corrected chi connectivity index (χ3v) is 2.83. The van der Waals surface area contributed by atoms with Crippen molar-refractivity contribution >= 4 is 11.6 Å². The monoisotopic (exact) mass is 262 g/mol. The molecule has 0 heterocycles. The minimum atomic E-state index is -0.0812. The van der Waals surface area contributed by atoms with Crippen molar-refractivity contribution in [1.29, 1.82) is 0 Å². The Labute approximate surface area is 114 Å². The van der Waals surface area contributed by atoms with E-state index in [2.05, 4.69) is 11.9 Å². The van der Waals surface area contributed by atoms with E-state index in [-0.39, 0.29) is 19.1 Å². The Morgan fingerprint density at radius 3 is 2.79 bits per heavy atom. The molecule has 0 aliphatic carbocycles. The number of hydrogen-bond donors (Lipinski definition) is 2. The van der Waals surface area contributed by atoms with Crippen LogP contribution in [0.25, 0.3) is 0 Å². The van der Waals surface area contributed by atoms with Crippen molar-refractivity contribution in [2.24, 2.45) is 0 Å². The molecule has 104 valence electrons. The maximum Gasteiger partial charge on any atom is 0.238 e. The van der Waals surface area contributed by atoms with Crippen LogP contribution in [0, 0.1) is 13.8 Å². The lowest BCUT2D eigenvalue weighted by molar-refractivity contribution is -0.117. The summed E-state index contributed by atoms with van der Waals surface area (Å²) in [5.41, 5.74) is 3.05. The summed E-state index contributed by atoms with van der Waals surface area (Å²) in [7, 11) is 0. The number of benzene rings is 1. The first-order chi connectivity index (χ1) is 9.06. The van der Waals surface area contributed by atoms with E-state index in [4.69, 9.17) is 5.11 Å². The lowest BCUT2D eigenvalue weighted by Crippen LogP contribution is -2.35. The SMILES string of the molecule is C=CCN(CCO)CC(=O)Nc1ccc(C)cc1C. The van der Waals surface area contributed by atoms with E-state index >= 15 is 0 Å². The molecule has 0 saturated heterocycles. The Hall–Kier alpha value is -1.65. The highest BCUT2D eigenvalue weighted by Gasteiger charge is 2.10. The molecule has 2 N–H and O–H groups in total. The molecular formula is C15H22N2O2. The molecule has 0 fully saturated rings. The summed E-state index contributed by atoms with van der Waals surface area (Å²) in [6.07, 6.45) is 1.72. The molecule has 0 aliphatic heterocycles. The molecule has 4 nitrogen and oxygen atoms in total. The number of aliphatic hydroxyl groups is 1. The van der Waals surface area contributed by atoms with E-state index in [0.29, 0.717) is 13.1 Å². The molecule has 1 rings (SSSR count). The normalized spacial score (nSPS) is 10.5. The Morgan fingerprint density at radius 1 is 1.47 bits per heavy atom. The van der Waals surface area contributed by atoms with Crippen LogP contribution in [0.2, 0.25) is 0 Å². The van der Waals surface area contributed by atoms with Crippen molar-refractivity contribution in [3.05, 3.63) is 42.0 Å². The number of carbonyl (C=O) groups is 1. The van der Waals surface area contributed by atoms with E-state index in [1.165, 1.54) is 5.56 Å². The van der Waals surface area contributed by atoms with Crippen LogP contribution in [0.3, 0.4) is 0 Å². The standard InChI is InChI=1S/C15H22N2O2/c1-4-7-17(8-9-18)11-15(19)16-14-6-5-12(2)10-13(14)3/h4-6,10,18H,1,7-9,11H2,2-3H3,(H,16,19). The Bertz CT molecular complexity index is 444. The molecule has 0 radical (unpaired) electrons. The van der Waals surface area contributed by atoms with Crippen LogP contribution in [-0.4, -0.2) is 42.2 Å². The van der Waals surface area contributed by atoms with Gasteiger partial charge in [0.25, 0.3) is 0 Å². The molecule has 19 heavy (non-hydrogen) atoms. The number of hydrogen-bond acceptors (Lipinski definition) is 3. The van der Waals surface area contributed by atoms with Gasteiger partial charge in [0.1, 0.15) is 0 Å². The summed E-state index contributed by atoms with van der Waals surface area (Å²) in [6.45, 7) is 8.96. The number of aryl methyl sites for hydroxylation is 2. The molecule has 4 heteroatoms. The minimum absolute atomic E-state index is 0.0324. The van der Waals surface area contributed by atoms with Crippen LogP contribution in [0.1, 0.15) is 11.1 Å². The quantitative estimate of drug-likeness (QED) is 0.736. The van der Waals surface area contributed by atoms with E-state index in [0.717, 1.165) is 11.3 Å². The Morgan fingerprint density at radius 2 is 2.21 bits per heavy atom. The zero-order valence-electron chi connectivity index (χ0n) is 11.6. The fourth-order valence-corrected chi connectivity index (χ4v) is 1.91. The number of nitrogens with one attached hydrogen (secondary N) is 1. The first-order valence-electron chi connectivity index (χ1n) is 6.38. The van der Waals surface area contributed by atoms with Crippen molar-refractivity contribution in [2.75, 3.05) is 31.6 Å². The van der Waals surface area contributed by atoms with Gasteiger partial charge < -0.3 is 10.4 Å². The molecule has 0 aromatic heterocycles. The molecule has 0 saturated carbocycles. The summed E-state index contributed by atoms with van der Waals surface area (Å²) in [4.78, 5) is 13.8. The van der Waals surface area contributed by atoms with Crippen LogP contribution in [0.5, 0.6) is 0 Å². The summed E-state index contributed by atoms with van der Waals surface area (Å²) < 4.78 is 0. The Balaban J connectivity index is 2.60. The van der Waals surface area contributed by atoms with Crippen molar-refractivity contribution in [2.45, 2.75) is 13.8 Å². The van der Waals surface area contributed by atoms with Gasteiger partial charge in [0, 0.05) is 18.8 Å². The maximum absolute atomic E-state index is 11.9. The smallest absolute Gasteiger partial charge is 0.238 e. The van der Waals surface area contributed by atoms with Gasteiger partial charge in [-0.05, 0) is 25.5 Å². The molecule has 0 atom stereocenters. The van der Waals surface area contributed by atoms with Gasteiger partial charge in [-0.2, -0.15) is 0 Å². The third kappa shape index (κ3) is 5.24. The lowest BCUT2D eigenvalue weighted by atomic mass is 10.1. The molecular weight excluding hydrogens is 240 g/mol. The molecule has 0 unspecified atom stereocenters. The van der Waals surface area contributed by atoms with Gasteiger partial charge in [0.05, 0.1) is 13.2 Å². The van der Waals surface area contributed by atoms with Crippen LogP contribution in [-0.2, 0) is 4.79 Å².